The lowest BCUT2D eigenvalue weighted by Gasteiger charge is -2.28. The molecular weight excluding hydrogens is 402 g/mol. The highest BCUT2D eigenvalue weighted by atomic mass is 16.5. The molecule has 2 heterocycles. The van der Waals surface area contributed by atoms with Gasteiger partial charge in [0.1, 0.15) is 17.3 Å². The largest absolute Gasteiger partial charge is 0.457 e. The van der Waals surface area contributed by atoms with E-state index in [1.807, 2.05) is 55.5 Å². The molecule has 1 aliphatic heterocycles. The molecule has 0 saturated carbocycles. The van der Waals surface area contributed by atoms with Gasteiger partial charge in [0.05, 0.1) is 5.56 Å². The second kappa shape index (κ2) is 10.6. The maximum Gasteiger partial charge on any atom is 0.255 e. The Hall–Kier alpha value is -3.61. The number of nitrogens with zero attached hydrogens (tertiary/aromatic N) is 3. The van der Waals surface area contributed by atoms with E-state index in [0.717, 1.165) is 24.6 Å². The number of ether oxygens (including phenoxy) is 1. The van der Waals surface area contributed by atoms with Gasteiger partial charge < -0.3 is 20.3 Å². The molecular formula is C25H29N5O2. The number of carbonyl (C=O) groups is 1. The molecule has 7 heteroatoms. The third kappa shape index (κ3) is 5.75. The van der Waals surface area contributed by atoms with Crippen LogP contribution in [0.4, 0.5) is 11.8 Å². The summed E-state index contributed by atoms with van der Waals surface area (Å²) in [5.74, 6) is 2.59. The summed E-state index contributed by atoms with van der Waals surface area (Å²) in [7, 11) is 0. The van der Waals surface area contributed by atoms with Crippen molar-refractivity contribution in [1.82, 2.24) is 15.3 Å². The monoisotopic (exact) mass is 431 g/mol. The molecule has 166 valence electrons. The average molecular weight is 432 g/mol. The summed E-state index contributed by atoms with van der Waals surface area (Å²) in [6, 6.07) is 18.7. The zero-order valence-corrected chi connectivity index (χ0v) is 18.4. The van der Waals surface area contributed by atoms with E-state index in [-0.39, 0.29) is 5.91 Å². The molecule has 32 heavy (non-hydrogen) atoms. The zero-order valence-electron chi connectivity index (χ0n) is 18.4. The number of piperidine rings is 1. The number of aryl methyl sites for hydroxylation is 1. The number of anilines is 2. The van der Waals surface area contributed by atoms with E-state index in [1.54, 1.807) is 12.1 Å². The second-order valence-electron chi connectivity index (χ2n) is 7.83. The Morgan fingerprint density at radius 3 is 2.53 bits per heavy atom. The number of hydrogen-bond acceptors (Lipinski definition) is 6. The van der Waals surface area contributed by atoms with Crippen LogP contribution in [0.5, 0.6) is 11.5 Å². The molecule has 4 rings (SSSR count). The van der Waals surface area contributed by atoms with Crippen LogP contribution < -0.4 is 20.3 Å². The second-order valence-corrected chi connectivity index (χ2v) is 7.83. The minimum atomic E-state index is -0.183. The van der Waals surface area contributed by atoms with Gasteiger partial charge in [0.2, 0.25) is 5.95 Å². The highest BCUT2D eigenvalue weighted by Crippen LogP contribution is 2.25. The molecule has 2 aromatic carbocycles. The summed E-state index contributed by atoms with van der Waals surface area (Å²) in [6.45, 7) is 5.02. The first-order valence-electron chi connectivity index (χ1n) is 11.1. The lowest BCUT2D eigenvalue weighted by molar-refractivity contribution is 0.0953. The van der Waals surface area contributed by atoms with Crippen LogP contribution in [0.3, 0.4) is 0 Å². The van der Waals surface area contributed by atoms with Crippen LogP contribution in [0.2, 0.25) is 0 Å². The third-order valence-electron chi connectivity index (χ3n) is 5.32. The van der Waals surface area contributed by atoms with Crippen LogP contribution in [0.15, 0.2) is 60.7 Å². The van der Waals surface area contributed by atoms with Crippen molar-refractivity contribution in [2.24, 2.45) is 0 Å². The lowest BCUT2D eigenvalue weighted by Crippen LogP contribution is -2.31. The molecule has 0 bridgehead atoms. The Balaban J connectivity index is 1.32. The molecule has 2 N–H and O–H groups in total. The first-order valence-corrected chi connectivity index (χ1v) is 11.1. The fraction of sp³-hybridized carbons (Fsp3) is 0.320. The van der Waals surface area contributed by atoms with Gasteiger partial charge in [0.15, 0.2) is 0 Å². The Morgan fingerprint density at radius 2 is 1.72 bits per heavy atom. The van der Waals surface area contributed by atoms with Crippen LogP contribution in [-0.2, 0) is 0 Å². The van der Waals surface area contributed by atoms with E-state index in [1.165, 1.54) is 19.3 Å². The number of aromatic nitrogens is 2. The molecule has 0 unspecified atom stereocenters. The molecule has 7 nitrogen and oxygen atoms in total. The Kier molecular flexibility index (Phi) is 7.17. The van der Waals surface area contributed by atoms with Crippen LogP contribution in [-0.4, -0.2) is 42.1 Å². The summed E-state index contributed by atoms with van der Waals surface area (Å²) in [5.41, 5.74) is 1.43. The molecule has 1 amide bonds. The van der Waals surface area contributed by atoms with E-state index in [9.17, 15) is 4.79 Å². The van der Waals surface area contributed by atoms with Crippen molar-refractivity contribution in [3.05, 3.63) is 71.9 Å². The maximum atomic E-state index is 12.7. The quantitative estimate of drug-likeness (QED) is 0.515. The summed E-state index contributed by atoms with van der Waals surface area (Å²) in [4.78, 5) is 24.2. The smallest absolute Gasteiger partial charge is 0.255 e. The van der Waals surface area contributed by atoms with E-state index in [4.69, 9.17) is 4.74 Å². The average Bonchev–Trinajstić information content (AvgIpc) is 2.83. The third-order valence-corrected chi connectivity index (χ3v) is 5.32. The molecule has 0 spiro atoms. The van der Waals surface area contributed by atoms with Gasteiger partial charge in [-0.2, -0.15) is 4.98 Å². The number of hydrogen-bond donors (Lipinski definition) is 2. The highest BCUT2D eigenvalue weighted by molar-refractivity contribution is 5.97. The normalized spacial score (nSPS) is 13.5. The van der Waals surface area contributed by atoms with Crippen molar-refractivity contribution in [2.75, 3.05) is 36.4 Å². The summed E-state index contributed by atoms with van der Waals surface area (Å²) >= 11 is 0. The number of carbonyl (C=O) groups excluding carboxylic acids is 1. The number of nitrogens with one attached hydrogen (secondary N) is 2. The van der Waals surface area contributed by atoms with E-state index < -0.39 is 0 Å². The van der Waals surface area contributed by atoms with Gasteiger partial charge in [0, 0.05) is 37.9 Å². The fourth-order valence-corrected chi connectivity index (χ4v) is 3.72. The van der Waals surface area contributed by atoms with Gasteiger partial charge in [-0.25, -0.2) is 4.98 Å². The summed E-state index contributed by atoms with van der Waals surface area (Å²) in [6.07, 6.45) is 3.69. The molecule has 1 fully saturated rings. The standard InChI is InChI=1S/C25H29N5O2/c1-19-18-23(30-16-8-3-9-17-30)29-25(28-19)27-15-14-26-24(31)21-12-6-7-13-22(21)32-20-10-4-2-5-11-20/h2,4-7,10-13,18H,3,8-9,14-17H2,1H3,(H,26,31)(H,27,28,29). The Morgan fingerprint density at radius 1 is 0.969 bits per heavy atom. The van der Waals surface area contributed by atoms with Crippen LogP contribution in [0, 0.1) is 6.92 Å². The van der Waals surface area contributed by atoms with Crippen LogP contribution in [0.1, 0.15) is 35.3 Å². The highest BCUT2D eigenvalue weighted by Gasteiger charge is 2.15. The van der Waals surface area contributed by atoms with Crippen molar-refractivity contribution in [3.63, 3.8) is 0 Å². The van der Waals surface area contributed by atoms with E-state index in [0.29, 0.717) is 36.1 Å². The lowest BCUT2D eigenvalue weighted by atomic mass is 10.1. The Labute approximate surface area is 188 Å². The first-order chi connectivity index (χ1) is 15.7. The molecule has 1 aliphatic rings. The zero-order chi connectivity index (χ0) is 22.2. The summed E-state index contributed by atoms with van der Waals surface area (Å²) in [5, 5.41) is 6.17. The minimum Gasteiger partial charge on any atom is -0.457 e. The fourth-order valence-electron chi connectivity index (χ4n) is 3.72. The van der Waals surface area contributed by atoms with Crippen molar-refractivity contribution in [1.29, 1.82) is 0 Å². The molecule has 0 aliphatic carbocycles. The number of para-hydroxylation sites is 2. The summed E-state index contributed by atoms with van der Waals surface area (Å²) < 4.78 is 5.89. The Bertz CT molecular complexity index is 1040. The topological polar surface area (TPSA) is 79.4 Å². The van der Waals surface area contributed by atoms with Gasteiger partial charge in [-0.3, -0.25) is 4.79 Å². The predicted octanol–water partition coefficient (Wildman–Crippen LogP) is 4.41. The maximum absolute atomic E-state index is 12.7. The molecule has 0 atom stereocenters. The number of rotatable bonds is 8. The predicted molar refractivity (Wildman–Crippen MR) is 127 cm³/mol. The first kappa shape index (κ1) is 21.6. The molecule has 1 aromatic heterocycles. The van der Waals surface area contributed by atoms with Gasteiger partial charge in [0.25, 0.3) is 5.91 Å². The van der Waals surface area contributed by atoms with Crippen molar-refractivity contribution in [3.8, 4) is 11.5 Å². The van der Waals surface area contributed by atoms with Crippen molar-refractivity contribution in [2.45, 2.75) is 26.2 Å². The van der Waals surface area contributed by atoms with Gasteiger partial charge in [-0.15, -0.1) is 0 Å². The van der Waals surface area contributed by atoms with Gasteiger partial charge in [-0.05, 0) is 50.5 Å². The van der Waals surface area contributed by atoms with E-state index in [2.05, 4.69) is 25.5 Å². The van der Waals surface area contributed by atoms with Crippen molar-refractivity contribution >= 4 is 17.7 Å². The number of amides is 1. The number of benzene rings is 2. The van der Waals surface area contributed by atoms with Crippen LogP contribution >= 0.6 is 0 Å². The van der Waals surface area contributed by atoms with Gasteiger partial charge in [-0.1, -0.05) is 30.3 Å². The van der Waals surface area contributed by atoms with Crippen LogP contribution in [0.25, 0.3) is 0 Å². The molecule has 1 saturated heterocycles. The molecule has 0 radical (unpaired) electrons. The minimum absolute atomic E-state index is 0.183. The van der Waals surface area contributed by atoms with Gasteiger partial charge >= 0.3 is 0 Å². The SMILES string of the molecule is Cc1cc(N2CCCCC2)nc(NCCNC(=O)c2ccccc2Oc2ccccc2)n1. The van der Waals surface area contributed by atoms with E-state index >= 15 is 0 Å². The molecule has 3 aromatic rings. The van der Waals surface area contributed by atoms with Crippen molar-refractivity contribution < 1.29 is 9.53 Å².